The topological polar surface area (TPSA) is 38.3 Å². The van der Waals surface area contributed by atoms with Crippen molar-refractivity contribution in [2.24, 2.45) is 0 Å². The average molecular weight is 304 g/mol. The maximum Gasteiger partial charge on any atom is 0.251 e. The first-order chi connectivity index (χ1) is 10.1. The first-order valence-electron chi connectivity index (χ1n) is 6.86. The number of amides is 1. The van der Waals surface area contributed by atoms with Gasteiger partial charge in [-0.2, -0.15) is 0 Å². The van der Waals surface area contributed by atoms with Crippen LogP contribution in [0, 0.1) is 6.92 Å². The second kappa shape index (κ2) is 7.14. The Labute approximate surface area is 129 Å². The summed E-state index contributed by atoms with van der Waals surface area (Å²) in [6.07, 6.45) is 0. The zero-order chi connectivity index (χ0) is 15.2. The normalized spacial score (nSPS) is 10.2. The SMILES string of the molecule is CCOc1ccc(CNC(=O)c2cccc(Cl)c2)cc1C. The minimum absolute atomic E-state index is 0.135. The van der Waals surface area contributed by atoms with E-state index in [2.05, 4.69) is 5.32 Å². The molecule has 0 aliphatic rings. The molecular weight excluding hydrogens is 286 g/mol. The van der Waals surface area contributed by atoms with Gasteiger partial charge >= 0.3 is 0 Å². The maximum absolute atomic E-state index is 12.0. The first-order valence-corrected chi connectivity index (χ1v) is 7.24. The molecule has 21 heavy (non-hydrogen) atoms. The van der Waals surface area contributed by atoms with Crippen LogP contribution in [0.4, 0.5) is 0 Å². The van der Waals surface area contributed by atoms with Crippen LogP contribution >= 0.6 is 11.6 Å². The van der Waals surface area contributed by atoms with Crippen molar-refractivity contribution in [2.75, 3.05) is 6.61 Å². The third-order valence-electron chi connectivity index (χ3n) is 3.08. The molecule has 0 aromatic heterocycles. The van der Waals surface area contributed by atoms with E-state index in [0.717, 1.165) is 16.9 Å². The van der Waals surface area contributed by atoms with Crippen molar-refractivity contribution in [1.82, 2.24) is 5.32 Å². The molecule has 1 amide bonds. The van der Waals surface area contributed by atoms with Crippen molar-refractivity contribution in [3.63, 3.8) is 0 Å². The van der Waals surface area contributed by atoms with Crippen molar-refractivity contribution in [3.05, 3.63) is 64.2 Å². The van der Waals surface area contributed by atoms with Crippen LogP contribution in [0.5, 0.6) is 5.75 Å². The Balaban J connectivity index is 2.00. The van der Waals surface area contributed by atoms with Crippen molar-refractivity contribution in [2.45, 2.75) is 20.4 Å². The molecule has 110 valence electrons. The molecule has 2 rings (SSSR count). The number of halogens is 1. The van der Waals surface area contributed by atoms with Gasteiger partial charge < -0.3 is 10.1 Å². The van der Waals surface area contributed by atoms with Crippen LogP contribution in [0.1, 0.15) is 28.4 Å². The summed E-state index contributed by atoms with van der Waals surface area (Å²) in [6.45, 7) is 5.07. The van der Waals surface area contributed by atoms with Crippen molar-refractivity contribution < 1.29 is 9.53 Å². The molecule has 0 aliphatic carbocycles. The molecule has 0 spiro atoms. The Bertz CT molecular complexity index is 640. The summed E-state index contributed by atoms with van der Waals surface area (Å²) in [6, 6.07) is 12.8. The Kier molecular flexibility index (Phi) is 5.23. The van der Waals surface area contributed by atoms with Gasteiger partial charge in [-0.3, -0.25) is 4.79 Å². The van der Waals surface area contributed by atoms with Gasteiger partial charge in [-0.25, -0.2) is 0 Å². The monoisotopic (exact) mass is 303 g/mol. The van der Waals surface area contributed by atoms with Gasteiger partial charge in [0.2, 0.25) is 0 Å². The van der Waals surface area contributed by atoms with E-state index in [-0.39, 0.29) is 5.91 Å². The summed E-state index contributed by atoms with van der Waals surface area (Å²) in [5.41, 5.74) is 2.66. The van der Waals surface area contributed by atoms with Gasteiger partial charge in [0.1, 0.15) is 5.75 Å². The van der Waals surface area contributed by atoms with Gasteiger partial charge in [-0.1, -0.05) is 29.8 Å². The highest BCUT2D eigenvalue weighted by atomic mass is 35.5. The number of aryl methyl sites for hydroxylation is 1. The van der Waals surface area contributed by atoms with Gasteiger partial charge in [0.25, 0.3) is 5.91 Å². The van der Waals surface area contributed by atoms with Crippen molar-refractivity contribution in [3.8, 4) is 5.75 Å². The van der Waals surface area contributed by atoms with Crippen LogP contribution in [0.2, 0.25) is 5.02 Å². The number of ether oxygens (including phenoxy) is 1. The first kappa shape index (κ1) is 15.4. The molecule has 0 radical (unpaired) electrons. The third-order valence-corrected chi connectivity index (χ3v) is 3.31. The average Bonchev–Trinajstić information content (AvgIpc) is 2.47. The minimum Gasteiger partial charge on any atom is -0.494 e. The van der Waals surface area contributed by atoms with E-state index in [0.29, 0.717) is 23.7 Å². The van der Waals surface area contributed by atoms with Crippen molar-refractivity contribution in [1.29, 1.82) is 0 Å². The standard InChI is InChI=1S/C17H18ClNO2/c1-3-21-16-8-7-13(9-12(16)2)11-19-17(20)14-5-4-6-15(18)10-14/h4-10H,3,11H2,1-2H3,(H,19,20). The van der Waals surface area contributed by atoms with Gasteiger partial charge in [-0.15, -0.1) is 0 Å². The molecule has 2 aromatic rings. The fraction of sp³-hybridized carbons (Fsp3) is 0.235. The lowest BCUT2D eigenvalue weighted by Gasteiger charge is -2.10. The molecular formula is C17H18ClNO2. The van der Waals surface area contributed by atoms with Crippen molar-refractivity contribution >= 4 is 17.5 Å². The summed E-state index contributed by atoms with van der Waals surface area (Å²) < 4.78 is 5.50. The van der Waals surface area contributed by atoms with Gasteiger partial charge in [-0.05, 0) is 49.2 Å². The lowest BCUT2D eigenvalue weighted by atomic mass is 10.1. The lowest BCUT2D eigenvalue weighted by molar-refractivity contribution is 0.0951. The number of hydrogen-bond donors (Lipinski definition) is 1. The highest BCUT2D eigenvalue weighted by molar-refractivity contribution is 6.30. The summed E-state index contributed by atoms with van der Waals surface area (Å²) in [5.74, 6) is 0.742. The second-order valence-electron chi connectivity index (χ2n) is 4.73. The van der Waals surface area contributed by atoms with Crippen LogP contribution in [0.25, 0.3) is 0 Å². The molecule has 0 heterocycles. The van der Waals surface area contributed by atoms with Gasteiger partial charge in [0.15, 0.2) is 0 Å². The van der Waals surface area contributed by atoms with E-state index in [1.807, 2.05) is 32.0 Å². The van der Waals surface area contributed by atoms with E-state index >= 15 is 0 Å². The number of nitrogens with one attached hydrogen (secondary N) is 1. The smallest absolute Gasteiger partial charge is 0.251 e. The molecule has 0 bridgehead atoms. The fourth-order valence-corrected chi connectivity index (χ4v) is 2.24. The minimum atomic E-state index is -0.135. The zero-order valence-corrected chi connectivity index (χ0v) is 12.9. The molecule has 0 aliphatic heterocycles. The van der Waals surface area contributed by atoms with E-state index < -0.39 is 0 Å². The van der Waals surface area contributed by atoms with Crippen LogP contribution in [-0.2, 0) is 6.54 Å². The van der Waals surface area contributed by atoms with E-state index in [4.69, 9.17) is 16.3 Å². The predicted molar refractivity (Wildman–Crippen MR) is 85.0 cm³/mol. The lowest BCUT2D eigenvalue weighted by Crippen LogP contribution is -2.22. The summed E-state index contributed by atoms with van der Waals surface area (Å²) in [4.78, 5) is 12.0. The third kappa shape index (κ3) is 4.23. The molecule has 0 unspecified atom stereocenters. The predicted octanol–water partition coefficient (Wildman–Crippen LogP) is 3.98. The molecule has 0 saturated heterocycles. The molecule has 0 saturated carbocycles. The highest BCUT2D eigenvalue weighted by Crippen LogP contribution is 2.19. The van der Waals surface area contributed by atoms with Gasteiger partial charge in [0.05, 0.1) is 6.61 Å². The number of carbonyl (C=O) groups excluding carboxylic acids is 1. The van der Waals surface area contributed by atoms with Gasteiger partial charge in [0, 0.05) is 17.1 Å². The van der Waals surface area contributed by atoms with E-state index in [1.165, 1.54) is 0 Å². The Morgan fingerprint density at radius 2 is 2.05 bits per heavy atom. The summed E-state index contributed by atoms with van der Waals surface area (Å²) in [5, 5.41) is 3.44. The zero-order valence-electron chi connectivity index (χ0n) is 12.2. The van der Waals surface area contributed by atoms with Crippen LogP contribution in [0.15, 0.2) is 42.5 Å². The molecule has 4 heteroatoms. The number of carbonyl (C=O) groups is 1. The summed E-state index contributed by atoms with van der Waals surface area (Å²) >= 11 is 5.88. The fourth-order valence-electron chi connectivity index (χ4n) is 2.05. The molecule has 1 N–H and O–H groups in total. The number of rotatable bonds is 5. The highest BCUT2D eigenvalue weighted by Gasteiger charge is 2.06. The van der Waals surface area contributed by atoms with E-state index in [9.17, 15) is 4.79 Å². The quantitative estimate of drug-likeness (QED) is 0.907. The Morgan fingerprint density at radius 3 is 2.71 bits per heavy atom. The number of hydrogen-bond acceptors (Lipinski definition) is 2. The maximum atomic E-state index is 12.0. The molecule has 0 atom stereocenters. The van der Waals surface area contributed by atoms with Crippen LogP contribution in [-0.4, -0.2) is 12.5 Å². The van der Waals surface area contributed by atoms with E-state index in [1.54, 1.807) is 24.3 Å². The molecule has 2 aromatic carbocycles. The Morgan fingerprint density at radius 1 is 1.24 bits per heavy atom. The second-order valence-corrected chi connectivity index (χ2v) is 5.16. The Hall–Kier alpha value is -2.00. The largest absolute Gasteiger partial charge is 0.494 e. The molecule has 3 nitrogen and oxygen atoms in total. The number of benzene rings is 2. The van der Waals surface area contributed by atoms with Crippen LogP contribution < -0.4 is 10.1 Å². The molecule has 0 fully saturated rings. The summed E-state index contributed by atoms with van der Waals surface area (Å²) in [7, 11) is 0. The van der Waals surface area contributed by atoms with Crippen LogP contribution in [0.3, 0.4) is 0 Å².